The van der Waals surface area contributed by atoms with Gasteiger partial charge in [-0.3, -0.25) is 19.3 Å². The molecule has 7 nitrogen and oxygen atoms in total. The number of esters is 1. The van der Waals surface area contributed by atoms with E-state index < -0.39 is 35.8 Å². The van der Waals surface area contributed by atoms with Gasteiger partial charge >= 0.3 is 5.97 Å². The lowest BCUT2D eigenvalue weighted by atomic mass is 10.1. The van der Waals surface area contributed by atoms with Crippen LogP contribution >= 0.6 is 23.2 Å². The first-order chi connectivity index (χ1) is 12.2. The van der Waals surface area contributed by atoms with Gasteiger partial charge in [-0.1, -0.05) is 23.2 Å². The highest BCUT2D eigenvalue weighted by Crippen LogP contribution is 2.32. The average molecular weight is 399 g/mol. The van der Waals surface area contributed by atoms with E-state index in [1.54, 1.807) is 0 Å². The van der Waals surface area contributed by atoms with Gasteiger partial charge < -0.3 is 10.1 Å². The summed E-state index contributed by atoms with van der Waals surface area (Å²) in [5.41, 5.74) is 0.146. The molecule has 9 heteroatoms. The highest BCUT2D eigenvalue weighted by molar-refractivity contribution is 6.43. The minimum atomic E-state index is -1.20. The standard InChI is InChI=1S/C17H16Cl2N2O5/c1-7(17(25)26-8(2)14(22)20-9-3-4-9)21-15(23)10-5-12(18)13(19)6-11(10)16(21)24/h5-9H,3-4H2,1-2H3,(H,20,22)/t7-,8+/m0/s1. The number of halogens is 2. The van der Waals surface area contributed by atoms with Gasteiger partial charge in [0.05, 0.1) is 21.2 Å². The first kappa shape index (κ1) is 18.7. The van der Waals surface area contributed by atoms with Crippen LogP contribution < -0.4 is 5.32 Å². The van der Waals surface area contributed by atoms with Crippen LogP contribution in [0.5, 0.6) is 0 Å². The summed E-state index contributed by atoms with van der Waals surface area (Å²) >= 11 is 11.8. The average Bonchev–Trinajstić information content (AvgIpc) is 3.36. The number of fused-ring (bicyclic) bond motifs is 1. The van der Waals surface area contributed by atoms with Crippen molar-refractivity contribution in [2.75, 3.05) is 0 Å². The molecule has 3 rings (SSSR count). The molecule has 0 aromatic heterocycles. The number of nitrogens with zero attached hydrogens (tertiary/aromatic N) is 1. The molecule has 1 aromatic carbocycles. The van der Waals surface area contributed by atoms with Crippen LogP contribution in [0.15, 0.2) is 12.1 Å². The van der Waals surface area contributed by atoms with Gasteiger partial charge in [0.1, 0.15) is 6.04 Å². The minimum Gasteiger partial charge on any atom is -0.451 e. The highest BCUT2D eigenvalue weighted by atomic mass is 35.5. The Morgan fingerprint density at radius 2 is 1.62 bits per heavy atom. The van der Waals surface area contributed by atoms with Crippen molar-refractivity contribution in [2.24, 2.45) is 0 Å². The van der Waals surface area contributed by atoms with Crippen LogP contribution in [0, 0.1) is 0 Å². The third kappa shape index (κ3) is 3.41. The zero-order chi connectivity index (χ0) is 19.2. The molecule has 1 aliphatic heterocycles. The van der Waals surface area contributed by atoms with Crippen LogP contribution in [0.1, 0.15) is 47.4 Å². The monoisotopic (exact) mass is 398 g/mol. The van der Waals surface area contributed by atoms with E-state index in [1.165, 1.54) is 26.0 Å². The topological polar surface area (TPSA) is 92.8 Å². The Hall–Kier alpha value is -2.12. The molecule has 138 valence electrons. The highest BCUT2D eigenvalue weighted by Gasteiger charge is 2.42. The normalized spacial score (nSPS) is 18.4. The van der Waals surface area contributed by atoms with Gasteiger partial charge in [0.2, 0.25) is 0 Å². The van der Waals surface area contributed by atoms with Crippen molar-refractivity contribution in [1.29, 1.82) is 0 Å². The van der Waals surface area contributed by atoms with E-state index in [4.69, 9.17) is 27.9 Å². The Bertz CT molecular complexity index is 781. The van der Waals surface area contributed by atoms with Gasteiger partial charge in [0, 0.05) is 6.04 Å². The van der Waals surface area contributed by atoms with E-state index in [-0.39, 0.29) is 27.2 Å². The first-order valence-electron chi connectivity index (χ1n) is 8.08. The molecule has 1 fully saturated rings. The van der Waals surface area contributed by atoms with Gasteiger partial charge in [-0.05, 0) is 38.8 Å². The molecule has 26 heavy (non-hydrogen) atoms. The number of nitrogens with one attached hydrogen (secondary N) is 1. The second-order valence-corrected chi connectivity index (χ2v) is 7.14. The molecular formula is C17H16Cl2N2O5. The molecule has 1 N–H and O–H groups in total. The molecule has 1 aromatic rings. The summed E-state index contributed by atoms with van der Waals surface area (Å²) in [6.45, 7) is 2.79. The largest absolute Gasteiger partial charge is 0.451 e. The third-order valence-electron chi connectivity index (χ3n) is 4.27. The van der Waals surface area contributed by atoms with E-state index >= 15 is 0 Å². The molecule has 0 spiro atoms. The second-order valence-electron chi connectivity index (χ2n) is 6.33. The van der Waals surface area contributed by atoms with Crippen molar-refractivity contribution in [1.82, 2.24) is 10.2 Å². The van der Waals surface area contributed by atoms with Gasteiger partial charge in [0.15, 0.2) is 6.10 Å². The van der Waals surface area contributed by atoms with E-state index in [0.717, 1.165) is 17.7 Å². The van der Waals surface area contributed by atoms with Gasteiger partial charge in [-0.2, -0.15) is 0 Å². The lowest BCUT2D eigenvalue weighted by molar-refractivity contribution is -0.158. The van der Waals surface area contributed by atoms with Gasteiger partial charge in [0.25, 0.3) is 17.7 Å². The van der Waals surface area contributed by atoms with Gasteiger partial charge in [-0.25, -0.2) is 4.79 Å². The number of hydrogen-bond acceptors (Lipinski definition) is 5. The van der Waals surface area contributed by atoms with Crippen LogP contribution in [-0.4, -0.2) is 46.8 Å². The lowest BCUT2D eigenvalue weighted by Gasteiger charge is -2.22. The number of rotatable bonds is 5. The molecule has 1 saturated carbocycles. The number of hydrogen-bond donors (Lipinski definition) is 1. The Labute approximate surface area is 159 Å². The van der Waals surface area contributed by atoms with E-state index in [0.29, 0.717) is 0 Å². The molecule has 0 saturated heterocycles. The van der Waals surface area contributed by atoms with Crippen LogP contribution in [0.25, 0.3) is 0 Å². The number of amides is 3. The fraction of sp³-hybridized carbons (Fsp3) is 0.412. The van der Waals surface area contributed by atoms with E-state index in [1.807, 2.05) is 0 Å². The smallest absolute Gasteiger partial charge is 0.329 e. The Kier molecular flexibility index (Phi) is 4.94. The summed E-state index contributed by atoms with van der Waals surface area (Å²) < 4.78 is 5.11. The molecule has 0 radical (unpaired) electrons. The quantitative estimate of drug-likeness (QED) is 0.605. The summed E-state index contributed by atoms with van der Waals surface area (Å²) in [6, 6.07) is 1.52. The zero-order valence-corrected chi connectivity index (χ0v) is 15.6. The number of carbonyl (C=O) groups excluding carboxylic acids is 4. The fourth-order valence-corrected chi connectivity index (χ4v) is 2.91. The molecule has 0 bridgehead atoms. The van der Waals surface area contributed by atoms with Crippen LogP contribution in [0.4, 0.5) is 0 Å². The van der Waals surface area contributed by atoms with E-state index in [2.05, 4.69) is 5.32 Å². The summed E-state index contributed by atoms with van der Waals surface area (Å²) in [6.07, 6.45) is 0.788. The lowest BCUT2D eigenvalue weighted by Crippen LogP contribution is -2.46. The Morgan fingerprint density at radius 1 is 1.12 bits per heavy atom. The number of ether oxygens (including phenoxy) is 1. The predicted molar refractivity (Wildman–Crippen MR) is 93.1 cm³/mol. The molecule has 3 amide bonds. The van der Waals surface area contributed by atoms with Crippen molar-refractivity contribution in [2.45, 2.75) is 44.9 Å². The number of benzene rings is 1. The minimum absolute atomic E-state index is 0.0728. The van der Waals surface area contributed by atoms with Crippen LogP contribution in [-0.2, 0) is 14.3 Å². The third-order valence-corrected chi connectivity index (χ3v) is 5.00. The molecule has 2 atom stereocenters. The Morgan fingerprint density at radius 3 is 2.08 bits per heavy atom. The maximum atomic E-state index is 12.5. The predicted octanol–water partition coefficient (Wildman–Crippen LogP) is 2.19. The Balaban J connectivity index is 1.72. The summed E-state index contributed by atoms with van der Waals surface area (Å²) in [5.74, 6) is -2.59. The van der Waals surface area contributed by atoms with Crippen molar-refractivity contribution in [3.63, 3.8) is 0 Å². The first-order valence-corrected chi connectivity index (χ1v) is 8.84. The maximum absolute atomic E-state index is 12.5. The number of imide groups is 1. The summed E-state index contributed by atoms with van der Waals surface area (Å²) in [7, 11) is 0. The van der Waals surface area contributed by atoms with Gasteiger partial charge in [-0.15, -0.1) is 0 Å². The molecule has 0 unspecified atom stereocenters. The summed E-state index contributed by atoms with van der Waals surface area (Å²) in [5, 5.41) is 2.99. The molecular weight excluding hydrogens is 383 g/mol. The van der Waals surface area contributed by atoms with Crippen LogP contribution in [0.3, 0.4) is 0 Å². The van der Waals surface area contributed by atoms with Crippen molar-refractivity contribution >= 4 is 46.9 Å². The van der Waals surface area contributed by atoms with Crippen molar-refractivity contribution < 1.29 is 23.9 Å². The van der Waals surface area contributed by atoms with Crippen molar-refractivity contribution in [3.8, 4) is 0 Å². The SMILES string of the molecule is C[C@@H](OC(=O)[C@H](C)N1C(=O)c2cc(Cl)c(Cl)cc2C1=O)C(=O)NC1CC1. The molecule has 1 heterocycles. The van der Waals surface area contributed by atoms with Crippen molar-refractivity contribution in [3.05, 3.63) is 33.3 Å². The molecule has 1 aliphatic carbocycles. The number of carbonyl (C=O) groups is 4. The molecule has 2 aliphatic rings. The van der Waals surface area contributed by atoms with E-state index in [9.17, 15) is 19.2 Å². The second kappa shape index (κ2) is 6.89. The maximum Gasteiger partial charge on any atom is 0.329 e. The zero-order valence-electron chi connectivity index (χ0n) is 14.0. The van der Waals surface area contributed by atoms with Crippen LogP contribution in [0.2, 0.25) is 10.0 Å². The summed E-state index contributed by atoms with van der Waals surface area (Å²) in [4.78, 5) is 50.0. The fourth-order valence-electron chi connectivity index (χ4n) is 2.58.